The van der Waals surface area contributed by atoms with E-state index in [2.05, 4.69) is 29.1 Å². The summed E-state index contributed by atoms with van der Waals surface area (Å²) < 4.78 is 4.54. The first-order valence-electron chi connectivity index (χ1n) is 11.0. The fraction of sp³-hybridized carbons (Fsp3) is 0.458. The minimum atomic E-state index is -0.847. The number of aliphatic hydroxyl groups is 1. The number of hydrogen-bond acceptors (Lipinski definition) is 6. The molecule has 1 spiro atoms. The van der Waals surface area contributed by atoms with E-state index in [4.69, 9.17) is 16.3 Å². The Balaban J connectivity index is 1.76. The van der Waals surface area contributed by atoms with Crippen LogP contribution in [0, 0.1) is 11.8 Å². The second-order valence-electron chi connectivity index (χ2n) is 8.55. The molecule has 3 aliphatic rings. The zero-order valence-electron chi connectivity index (χ0n) is 18.4. The van der Waals surface area contributed by atoms with E-state index in [1.54, 1.807) is 35.2 Å². The molecule has 34 heavy (non-hydrogen) atoms. The molecule has 4 rings (SSSR count). The van der Waals surface area contributed by atoms with E-state index in [0.29, 0.717) is 17.1 Å². The van der Waals surface area contributed by atoms with Crippen LogP contribution in [0.25, 0.3) is 0 Å². The lowest BCUT2D eigenvalue weighted by atomic mass is 9.71. The van der Waals surface area contributed by atoms with E-state index < -0.39 is 28.6 Å². The monoisotopic (exact) mass is 568 g/mol. The van der Waals surface area contributed by atoms with Gasteiger partial charge in [0, 0.05) is 33.9 Å². The van der Waals surface area contributed by atoms with Gasteiger partial charge >= 0.3 is 5.97 Å². The molecule has 1 N–H and O–H groups in total. The number of ether oxygens (including phenoxy) is 1. The van der Waals surface area contributed by atoms with Crippen molar-refractivity contribution in [1.82, 2.24) is 4.90 Å². The third-order valence-corrected chi connectivity index (χ3v) is 10.2. The number of benzene rings is 1. The number of amides is 2. The number of halogens is 2. The Morgan fingerprint density at radius 3 is 2.65 bits per heavy atom. The first-order valence-corrected chi connectivity index (χ1v) is 13.2. The minimum Gasteiger partial charge on any atom is -0.461 e. The summed E-state index contributed by atoms with van der Waals surface area (Å²) in [7, 11) is 0. The minimum absolute atomic E-state index is 0.00262. The number of nitrogens with zero attached hydrogens (tertiary/aromatic N) is 2. The van der Waals surface area contributed by atoms with Crippen molar-refractivity contribution in [3.8, 4) is 0 Å². The molecule has 182 valence electrons. The SMILES string of the molecule is C=CCOC(=O)[C@H]1[C@H]2C(=O)N(CCO)C(C(=O)N(CC=C)c3ccc(Cl)cc3)C23CC(Br)[C@@H]1S3. The van der Waals surface area contributed by atoms with Crippen molar-refractivity contribution in [2.24, 2.45) is 11.8 Å². The summed E-state index contributed by atoms with van der Waals surface area (Å²) in [6.07, 6.45) is 3.65. The van der Waals surface area contributed by atoms with Crippen LogP contribution in [-0.2, 0) is 19.1 Å². The van der Waals surface area contributed by atoms with Crippen LogP contribution in [-0.4, -0.2) is 75.0 Å². The van der Waals surface area contributed by atoms with Gasteiger partial charge in [0.15, 0.2) is 0 Å². The Labute approximate surface area is 216 Å². The van der Waals surface area contributed by atoms with Crippen LogP contribution in [0.4, 0.5) is 5.69 Å². The second-order valence-corrected chi connectivity index (χ2v) is 11.7. The van der Waals surface area contributed by atoms with Gasteiger partial charge in [0.1, 0.15) is 12.6 Å². The number of thioether (sulfide) groups is 1. The smallest absolute Gasteiger partial charge is 0.311 e. The van der Waals surface area contributed by atoms with E-state index in [9.17, 15) is 19.5 Å². The molecule has 3 fully saturated rings. The van der Waals surface area contributed by atoms with Gasteiger partial charge in [-0.1, -0.05) is 46.3 Å². The van der Waals surface area contributed by atoms with Crippen LogP contribution in [0.1, 0.15) is 6.42 Å². The van der Waals surface area contributed by atoms with E-state index >= 15 is 0 Å². The van der Waals surface area contributed by atoms with Crippen molar-refractivity contribution in [3.05, 3.63) is 54.6 Å². The average Bonchev–Trinajstić information content (AvgIpc) is 3.40. The largest absolute Gasteiger partial charge is 0.461 e. The summed E-state index contributed by atoms with van der Waals surface area (Å²) in [6, 6.07) is 6.04. The van der Waals surface area contributed by atoms with Gasteiger partial charge in [-0.15, -0.1) is 18.3 Å². The summed E-state index contributed by atoms with van der Waals surface area (Å²) >= 11 is 11.3. The predicted molar refractivity (Wildman–Crippen MR) is 136 cm³/mol. The Bertz CT molecular complexity index is 1010. The van der Waals surface area contributed by atoms with Gasteiger partial charge in [0.2, 0.25) is 5.91 Å². The van der Waals surface area contributed by atoms with Crippen LogP contribution in [0.15, 0.2) is 49.6 Å². The van der Waals surface area contributed by atoms with Gasteiger partial charge in [0.05, 0.1) is 23.2 Å². The maximum Gasteiger partial charge on any atom is 0.311 e. The fourth-order valence-corrected chi connectivity index (χ4v) is 9.20. The summed E-state index contributed by atoms with van der Waals surface area (Å²) in [6.45, 7) is 7.37. The zero-order chi connectivity index (χ0) is 24.6. The van der Waals surface area contributed by atoms with E-state index in [-0.39, 0.29) is 48.2 Å². The first-order chi connectivity index (χ1) is 16.3. The molecule has 2 amide bonds. The van der Waals surface area contributed by atoms with Gasteiger partial charge in [0.25, 0.3) is 5.91 Å². The molecule has 3 unspecified atom stereocenters. The van der Waals surface area contributed by atoms with Crippen molar-refractivity contribution < 1.29 is 24.2 Å². The number of anilines is 1. The molecule has 7 nitrogen and oxygen atoms in total. The Hall–Kier alpha value is -1.81. The van der Waals surface area contributed by atoms with Crippen molar-refractivity contribution in [3.63, 3.8) is 0 Å². The van der Waals surface area contributed by atoms with E-state index in [1.165, 1.54) is 22.7 Å². The highest BCUT2D eigenvalue weighted by atomic mass is 79.9. The molecule has 1 aromatic rings. The summed E-state index contributed by atoms with van der Waals surface area (Å²) in [4.78, 5) is 43.8. The normalized spacial score (nSPS) is 31.3. The van der Waals surface area contributed by atoms with Gasteiger partial charge in [-0.3, -0.25) is 14.4 Å². The third kappa shape index (κ3) is 4.00. The van der Waals surface area contributed by atoms with Crippen LogP contribution < -0.4 is 4.90 Å². The molecule has 10 heteroatoms. The molecular weight excluding hydrogens is 544 g/mol. The molecule has 0 saturated carbocycles. The fourth-order valence-electron chi connectivity index (χ4n) is 5.48. The Kier molecular flexibility index (Phi) is 7.47. The summed E-state index contributed by atoms with van der Waals surface area (Å²) in [5.74, 6) is -2.42. The standard InChI is InChI=1S/C24H26BrClN2O5S/c1-3-9-27(15-7-5-14(26)6-8-15)22(31)20-24-13-16(25)19(34-24)17(23(32)33-12-4-2)18(24)21(30)28(20)10-11-29/h3-8,16-20,29H,1-2,9-13H2/t16?,17-,18-,19-,20?,24?/m0/s1. The summed E-state index contributed by atoms with van der Waals surface area (Å²) in [5.41, 5.74) is 0.625. The van der Waals surface area contributed by atoms with Crippen LogP contribution in [0.3, 0.4) is 0 Å². The quantitative estimate of drug-likeness (QED) is 0.280. The molecule has 0 aromatic heterocycles. The average molecular weight is 570 g/mol. The highest BCUT2D eigenvalue weighted by molar-refractivity contribution is 9.09. The van der Waals surface area contributed by atoms with E-state index in [1.807, 2.05) is 0 Å². The van der Waals surface area contributed by atoms with Crippen molar-refractivity contribution in [2.75, 3.05) is 31.2 Å². The van der Waals surface area contributed by atoms with Crippen molar-refractivity contribution in [2.45, 2.75) is 27.3 Å². The van der Waals surface area contributed by atoms with Crippen molar-refractivity contribution in [1.29, 1.82) is 0 Å². The highest BCUT2D eigenvalue weighted by Crippen LogP contribution is 2.68. The number of fused-ring (bicyclic) bond motifs is 1. The molecule has 3 aliphatic heterocycles. The second kappa shape index (κ2) is 10.0. The van der Waals surface area contributed by atoms with Gasteiger partial charge < -0.3 is 19.6 Å². The van der Waals surface area contributed by atoms with E-state index in [0.717, 1.165) is 0 Å². The predicted octanol–water partition coefficient (Wildman–Crippen LogP) is 3.05. The molecule has 0 aliphatic carbocycles. The Morgan fingerprint density at radius 2 is 2.03 bits per heavy atom. The van der Waals surface area contributed by atoms with Gasteiger partial charge in [-0.25, -0.2) is 0 Å². The summed E-state index contributed by atoms with van der Waals surface area (Å²) in [5, 5.41) is 10.1. The number of esters is 1. The van der Waals surface area contributed by atoms with Crippen LogP contribution >= 0.6 is 39.3 Å². The molecule has 3 heterocycles. The molecule has 2 bridgehead atoms. The van der Waals surface area contributed by atoms with Gasteiger partial charge in [-0.05, 0) is 30.7 Å². The number of carbonyl (C=O) groups excluding carboxylic acids is 3. The number of likely N-dealkylation sites (tertiary alicyclic amines) is 1. The van der Waals surface area contributed by atoms with Crippen molar-refractivity contribution >= 4 is 62.8 Å². The lowest BCUT2D eigenvalue weighted by Gasteiger charge is -2.37. The maximum absolute atomic E-state index is 14.1. The zero-order valence-corrected chi connectivity index (χ0v) is 21.6. The van der Waals surface area contributed by atoms with Crippen LogP contribution in [0.2, 0.25) is 5.02 Å². The number of rotatable bonds is 9. The molecule has 0 radical (unpaired) electrons. The molecule has 3 saturated heterocycles. The molecular formula is C24H26BrClN2O5S. The van der Waals surface area contributed by atoms with Gasteiger partial charge in [-0.2, -0.15) is 0 Å². The lowest BCUT2D eigenvalue weighted by Crippen LogP contribution is -2.56. The molecule has 6 atom stereocenters. The topological polar surface area (TPSA) is 87.1 Å². The number of hydrogen-bond donors (Lipinski definition) is 1. The van der Waals surface area contributed by atoms with Crippen LogP contribution in [0.5, 0.6) is 0 Å². The number of carbonyl (C=O) groups is 3. The Morgan fingerprint density at radius 1 is 1.32 bits per heavy atom. The molecule has 1 aromatic carbocycles. The first kappa shape index (κ1) is 25.3. The lowest BCUT2D eigenvalue weighted by molar-refractivity contribution is -0.153. The highest BCUT2D eigenvalue weighted by Gasteiger charge is 2.76. The number of β-amino-alcohol motifs (C(OH)–C–C–N with tert-alkyl or cyclic N) is 1. The maximum atomic E-state index is 14.1. The number of alkyl halides is 1. The third-order valence-electron chi connectivity index (χ3n) is 6.70. The number of aliphatic hydroxyl groups excluding tert-OH is 1.